The third-order valence-electron chi connectivity index (χ3n) is 2.70. The second-order valence-corrected chi connectivity index (χ2v) is 8.85. The summed E-state index contributed by atoms with van der Waals surface area (Å²) in [6, 6.07) is 0. The Morgan fingerprint density at radius 3 is 2.04 bits per heavy atom. The number of alkyl halides is 9. The topological polar surface area (TPSA) is 55.7 Å². The van der Waals surface area contributed by atoms with E-state index in [1.807, 2.05) is 0 Å². The molecule has 0 radical (unpaired) electrons. The van der Waals surface area contributed by atoms with Gasteiger partial charge < -0.3 is 4.74 Å². The Labute approximate surface area is 162 Å². The second kappa shape index (κ2) is 6.48. The zero-order valence-electron chi connectivity index (χ0n) is 11.2. The van der Waals surface area contributed by atoms with Gasteiger partial charge in [0.05, 0.1) is 7.11 Å². The Kier molecular flexibility index (Phi) is 5.42. The molecule has 0 unspecified atom stereocenters. The number of halogens is 9. The van der Waals surface area contributed by atoms with E-state index in [2.05, 4.69) is 20.0 Å². The average molecular weight is 467 g/mol. The van der Waals surface area contributed by atoms with Gasteiger partial charge in [0.1, 0.15) is 22.6 Å². The van der Waals surface area contributed by atoms with Crippen molar-refractivity contribution in [2.75, 3.05) is 7.11 Å². The summed E-state index contributed by atoms with van der Waals surface area (Å²) in [5.74, 6) is -0.714. The minimum Gasteiger partial charge on any atom is -0.479 e. The molecule has 0 aromatic carbocycles. The molecule has 0 saturated heterocycles. The summed E-state index contributed by atoms with van der Waals surface area (Å²) >= 11 is 34.7. The van der Waals surface area contributed by atoms with E-state index in [1.54, 1.807) is 0 Å². The highest BCUT2D eigenvalue weighted by molar-refractivity contribution is 6.68. The highest BCUT2D eigenvalue weighted by Crippen LogP contribution is 2.47. The normalized spacial score (nSPS) is 13.4. The molecule has 0 saturated carbocycles. The fraction of sp³-hybridized carbons (Fsp3) is 0.400. The van der Waals surface area contributed by atoms with Gasteiger partial charge in [-0.15, -0.1) is 5.10 Å². The van der Waals surface area contributed by atoms with Crippen LogP contribution in [0.2, 0.25) is 0 Å². The lowest BCUT2D eigenvalue weighted by molar-refractivity contribution is -0.138. The Hall–Kier alpha value is -0.250. The second-order valence-electron chi connectivity index (χ2n) is 4.29. The van der Waals surface area contributed by atoms with Crippen LogP contribution in [0.15, 0.2) is 6.20 Å². The van der Waals surface area contributed by atoms with Crippen LogP contribution in [-0.2, 0) is 13.8 Å². The smallest absolute Gasteiger partial charge is 0.423 e. The number of aromatic amines is 1. The van der Waals surface area contributed by atoms with E-state index in [0.29, 0.717) is 10.9 Å². The van der Waals surface area contributed by atoms with Crippen LogP contribution in [0.25, 0.3) is 5.69 Å². The number of H-pyrrole nitrogens is 1. The number of ether oxygens (including phenoxy) is 1. The van der Waals surface area contributed by atoms with Crippen molar-refractivity contribution in [1.82, 2.24) is 20.0 Å². The molecule has 0 amide bonds. The zero-order valence-corrected chi connectivity index (χ0v) is 15.8. The molecule has 0 aliphatic carbocycles. The van der Waals surface area contributed by atoms with Crippen LogP contribution in [0.4, 0.5) is 13.2 Å². The highest BCUT2D eigenvalue weighted by atomic mass is 35.6. The van der Waals surface area contributed by atoms with Crippen molar-refractivity contribution in [3.63, 3.8) is 0 Å². The SMILES string of the molecule is COc1nn(-c2c(C(Cl)(Cl)Cl)n[nH]c2C(Cl)(Cl)Cl)cc1C(F)(F)F. The van der Waals surface area contributed by atoms with Crippen LogP contribution in [0.3, 0.4) is 0 Å². The van der Waals surface area contributed by atoms with E-state index >= 15 is 0 Å². The van der Waals surface area contributed by atoms with Crippen LogP contribution in [-0.4, -0.2) is 27.1 Å². The predicted octanol–water partition coefficient (Wildman–Crippen LogP) is 5.28. The van der Waals surface area contributed by atoms with Crippen molar-refractivity contribution in [3.8, 4) is 11.6 Å². The molecular weight excluding hydrogens is 462 g/mol. The lowest BCUT2D eigenvalue weighted by Crippen LogP contribution is -2.12. The maximum absolute atomic E-state index is 13.0. The molecule has 1 N–H and O–H groups in total. The lowest BCUT2D eigenvalue weighted by atomic mass is 10.3. The zero-order chi connectivity index (χ0) is 18.5. The minimum absolute atomic E-state index is 0.243. The van der Waals surface area contributed by atoms with Crippen molar-refractivity contribution >= 4 is 69.6 Å². The lowest BCUT2D eigenvalue weighted by Gasteiger charge is -2.14. The Morgan fingerprint density at radius 1 is 1.08 bits per heavy atom. The molecule has 0 aliphatic rings. The number of rotatable bonds is 2. The van der Waals surface area contributed by atoms with Crippen LogP contribution >= 0.6 is 69.6 Å². The summed E-state index contributed by atoms with van der Waals surface area (Å²) in [6.45, 7) is 0. The first-order valence-electron chi connectivity index (χ1n) is 5.70. The van der Waals surface area contributed by atoms with Crippen LogP contribution < -0.4 is 4.74 Å². The summed E-state index contributed by atoms with van der Waals surface area (Å²) < 4.78 is 40.2. The first kappa shape index (κ1) is 20.1. The first-order chi connectivity index (χ1) is 10.8. The van der Waals surface area contributed by atoms with Gasteiger partial charge in [-0.2, -0.15) is 18.3 Å². The standard InChI is InChI=1S/C10H5Cl6F3N4O/c1-24-7-3(10(17,18)19)2-23(22-7)4-5(8(11,12)13)20-21-6(4)9(14,15)16/h2H,1H3,(H,20,21). The quantitative estimate of drug-likeness (QED) is 0.613. The number of nitrogens with zero attached hydrogens (tertiary/aromatic N) is 3. The van der Waals surface area contributed by atoms with E-state index in [4.69, 9.17) is 69.6 Å². The van der Waals surface area contributed by atoms with Gasteiger partial charge in [0.2, 0.25) is 13.5 Å². The number of hydrogen-bond acceptors (Lipinski definition) is 3. The van der Waals surface area contributed by atoms with Crippen LogP contribution in [0, 0.1) is 0 Å². The first-order valence-corrected chi connectivity index (χ1v) is 7.97. The number of methoxy groups -OCH3 is 1. The fourth-order valence-corrected chi connectivity index (χ4v) is 2.56. The van der Waals surface area contributed by atoms with Gasteiger partial charge in [-0.25, -0.2) is 4.68 Å². The summed E-state index contributed by atoms with van der Waals surface area (Å²) in [6.07, 6.45) is -4.14. The Balaban J connectivity index is 2.77. The van der Waals surface area contributed by atoms with Crippen molar-refractivity contribution in [2.24, 2.45) is 0 Å². The largest absolute Gasteiger partial charge is 0.479 e. The highest BCUT2D eigenvalue weighted by Gasteiger charge is 2.41. The van der Waals surface area contributed by atoms with Gasteiger partial charge >= 0.3 is 6.18 Å². The van der Waals surface area contributed by atoms with Gasteiger partial charge in [0.25, 0.3) is 0 Å². The predicted molar refractivity (Wildman–Crippen MR) is 85.7 cm³/mol. The van der Waals surface area contributed by atoms with Crippen molar-refractivity contribution < 1.29 is 17.9 Å². The molecule has 2 rings (SSSR count). The van der Waals surface area contributed by atoms with E-state index < -0.39 is 25.2 Å². The molecule has 24 heavy (non-hydrogen) atoms. The van der Waals surface area contributed by atoms with E-state index in [-0.39, 0.29) is 17.1 Å². The summed E-state index contributed by atoms with van der Waals surface area (Å²) in [7, 11) is 1.02. The van der Waals surface area contributed by atoms with Crippen molar-refractivity contribution in [3.05, 3.63) is 23.1 Å². The van der Waals surface area contributed by atoms with E-state index in [1.165, 1.54) is 0 Å². The number of hydrogen-bond donors (Lipinski definition) is 1. The van der Waals surface area contributed by atoms with Gasteiger partial charge in [-0.3, -0.25) is 5.10 Å². The summed E-state index contributed by atoms with van der Waals surface area (Å²) in [4.78, 5) is 0. The summed E-state index contributed by atoms with van der Waals surface area (Å²) in [5.41, 5.74) is -1.99. The number of aromatic nitrogens is 4. The molecule has 0 spiro atoms. The van der Waals surface area contributed by atoms with Gasteiger partial charge in [-0.05, 0) is 0 Å². The molecule has 2 heterocycles. The molecule has 0 atom stereocenters. The van der Waals surface area contributed by atoms with Gasteiger partial charge in [-0.1, -0.05) is 69.6 Å². The van der Waals surface area contributed by atoms with Crippen LogP contribution in [0.5, 0.6) is 5.88 Å². The van der Waals surface area contributed by atoms with Crippen molar-refractivity contribution in [2.45, 2.75) is 13.8 Å². The monoisotopic (exact) mass is 464 g/mol. The fourth-order valence-electron chi connectivity index (χ4n) is 1.77. The Bertz CT molecular complexity index is 714. The molecule has 5 nitrogen and oxygen atoms in total. The summed E-state index contributed by atoms with van der Waals surface area (Å²) in [5, 5.41) is 9.67. The molecular formula is C10H5Cl6F3N4O. The molecule has 0 fully saturated rings. The molecule has 14 heteroatoms. The maximum Gasteiger partial charge on any atom is 0.423 e. The molecule has 134 valence electrons. The molecule has 2 aromatic rings. The number of nitrogens with one attached hydrogen (secondary N) is 1. The van der Waals surface area contributed by atoms with E-state index in [0.717, 1.165) is 7.11 Å². The van der Waals surface area contributed by atoms with Gasteiger partial charge in [0.15, 0.2) is 0 Å². The third kappa shape index (κ3) is 3.94. The minimum atomic E-state index is -4.74. The third-order valence-corrected chi connectivity index (χ3v) is 3.80. The van der Waals surface area contributed by atoms with E-state index in [9.17, 15) is 13.2 Å². The molecule has 0 aliphatic heterocycles. The van der Waals surface area contributed by atoms with Gasteiger partial charge in [0, 0.05) is 6.20 Å². The molecule has 2 aromatic heterocycles. The van der Waals surface area contributed by atoms with Crippen molar-refractivity contribution in [1.29, 1.82) is 0 Å². The molecule has 0 bridgehead atoms. The maximum atomic E-state index is 13.0. The average Bonchev–Trinajstić information content (AvgIpc) is 3.00. The van der Waals surface area contributed by atoms with Crippen LogP contribution in [0.1, 0.15) is 17.0 Å². The Morgan fingerprint density at radius 2 is 1.67 bits per heavy atom.